The number of hydrogen-bond acceptors (Lipinski definition) is 2. The largest absolute Gasteiger partial charge is 0.346 e. The molecule has 2 atom stereocenters. The first kappa shape index (κ1) is 15.3. The molecule has 0 spiro atoms. The molecule has 2 amide bonds. The van der Waals surface area contributed by atoms with Gasteiger partial charge in [-0.05, 0) is 31.6 Å². The van der Waals surface area contributed by atoms with Crippen molar-refractivity contribution in [3.05, 3.63) is 0 Å². The highest BCUT2D eigenvalue weighted by Gasteiger charge is 2.50. The maximum atomic E-state index is 12.4. The minimum absolute atomic E-state index is 0.0278. The number of likely N-dealkylation sites (tertiary alicyclic amines) is 1. The first-order valence-corrected chi connectivity index (χ1v) is 8.08. The van der Waals surface area contributed by atoms with E-state index in [9.17, 15) is 9.59 Å². The molecule has 4 nitrogen and oxygen atoms in total. The minimum atomic E-state index is -0.0382. The van der Waals surface area contributed by atoms with Gasteiger partial charge in [-0.3, -0.25) is 9.59 Å². The van der Waals surface area contributed by atoms with Crippen molar-refractivity contribution >= 4 is 11.8 Å². The number of rotatable bonds is 5. The second-order valence-corrected chi connectivity index (χ2v) is 6.57. The van der Waals surface area contributed by atoms with Crippen LogP contribution in [-0.4, -0.2) is 48.3 Å². The van der Waals surface area contributed by atoms with Crippen molar-refractivity contribution < 1.29 is 9.59 Å². The van der Waals surface area contributed by atoms with Gasteiger partial charge in [-0.15, -0.1) is 0 Å². The molecule has 0 radical (unpaired) electrons. The predicted octanol–water partition coefficient (Wildman–Crippen LogP) is 2.14. The number of carbonyl (C=O) groups is 2. The molecule has 2 aliphatic rings. The van der Waals surface area contributed by atoms with Crippen LogP contribution in [0.4, 0.5) is 0 Å². The van der Waals surface area contributed by atoms with Crippen molar-refractivity contribution in [3.63, 3.8) is 0 Å². The van der Waals surface area contributed by atoms with E-state index in [0.29, 0.717) is 0 Å². The van der Waals surface area contributed by atoms with Crippen molar-refractivity contribution in [1.29, 1.82) is 0 Å². The van der Waals surface area contributed by atoms with Crippen LogP contribution in [0.15, 0.2) is 0 Å². The zero-order valence-corrected chi connectivity index (χ0v) is 13.1. The zero-order valence-electron chi connectivity index (χ0n) is 13.1. The van der Waals surface area contributed by atoms with Gasteiger partial charge in [0.15, 0.2) is 0 Å². The summed E-state index contributed by atoms with van der Waals surface area (Å²) < 4.78 is 0. The fourth-order valence-electron chi connectivity index (χ4n) is 2.99. The summed E-state index contributed by atoms with van der Waals surface area (Å²) in [5.74, 6) is 1.06. The molecule has 2 unspecified atom stereocenters. The summed E-state index contributed by atoms with van der Waals surface area (Å²) in [5, 5.41) is 0. The van der Waals surface area contributed by atoms with Crippen molar-refractivity contribution in [3.8, 4) is 0 Å². The van der Waals surface area contributed by atoms with Crippen molar-refractivity contribution in [2.75, 3.05) is 26.7 Å². The molecule has 1 heterocycles. The third-order valence-electron chi connectivity index (χ3n) is 4.74. The molecule has 114 valence electrons. The fraction of sp³-hybridized carbons (Fsp3) is 0.875. The van der Waals surface area contributed by atoms with Gasteiger partial charge < -0.3 is 9.80 Å². The minimum Gasteiger partial charge on any atom is -0.346 e. The zero-order chi connectivity index (χ0) is 14.7. The topological polar surface area (TPSA) is 40.6 Å². The average molecular weight is 280 g/mol. The molecule has 20 heavy (non-hydrogen) atoms. The summed E-state index contributed by atoms with van der Waals surface area (Å²) in [6, 6.07) is 0. The molecule has 0 N–H and O–H groups in total. The van der Waals surface area contributed by atoms with Gasteiger partial charge in [0.25, 0.3) is 0 Å². The van der Waals surface area contributed by atoms with Crippen LogP contribution >= 0.6 is 0 Å². The first-order valence-electron chi connectivity index (χ1n) is 8.08. The van der Waals surface area contributed by atoms with E-state index < -0.39 is 0 Å². The lowest BCUT2D eigenvalue weighted by Crippen LogP contribution is -2.40. The lowest BCUT2D eigenvalue weighted by molar-refractivity contribution is -0.138. The van der Waals surface area contributed by atoms with Crippen LogP contribution in [0, 0.1) is 17.8 Å². The van der Waals surface area contributed by atoms with Crippen LogP contribution in [0.25, 0.3) is 0 Å². The predicted molar refractivity (Wildman–Crippen MR) is 79.1 cm³/mol. The van der Waals surface area contributed by atoms with Crippen molar-refractivity contribution in [2.45, 2.75) is 46.0 Å². The Morgan fingerprint density at radius 1 is 1.20 bits per heavy atom. The molecule has 2 rings (SSSR count). The second-order valence-electron chi connectivity index (χ2n) is 6.57. The quantitative estimate of drug-likeness (QED) is 0.774. The highest BCUT2D eigenvalue weighted by atomic mass is 16.2. The van der Waals surface area contributed by atoms with Crippen LogP contribution in [0.2, 0.25) is 0 Å². The summed E-state index contributed by atoms with van der Waals surface area (Å²) in [5.41, 5.74) is 0. The molecule has 0 aromatic carbocycles. The van der Waals surface area contributed by atoms with E-state index in [0.717, 1.165) is 57.7 Å². The summed E-state index contributed by atoms with van der Waals surface area (Å²) >= 11 is 0. The van der Waals surface area contributed by atoms with Gasteiger partial charge in [-0.25, -0.2) is 0 Å². The van der Waals surface area contributed by atoms with E-state index in [1.807, 2.05) is 11.9 Å². The number of carbonyl (C=O) groups excluding carboxylic acids is 2. The van der Waals surface area contributed by atoms with E-state index in [-0.39, 0.29) is 23.7 Å². The molecule has 1 aliphatic carbocycles. The normalized spacial score (nSPS) is 26.4. The van der Waals surface area contributed by atoms with E-state index in [1.54, 1.807) is 4.90 Å². The Bertz CT molecular complexity index is 361. The van der Waals surface area contributed by atoms with Gasteiger partial charge in [-0.1, -0.05) is 20.3 Å². The maximum absolute atomic E-state index is 12.4. The van der Waals surface area contributed by atoms with Crippen LogP contribution in [0.1, 0.15) is 46.0 Å². The second kappa shape index (κ2) is 6.59. The first-order chi connectivity index (χ1) is 9.54. The summed E-state index contributed by atoms with van der Waals surface area (Å²) in [4.78, 5) is 28.4. The molecule has 0 aromatic heterocycles. The average Bonchev–Trinajstić information content (AvgIpc) is 3.24. The lowest BCUT2D eigenvalue weighted by Gasteiger charge is -2.30. The van der Waals surface area contributed by atoms with E-state index in [4.69, 9.17) is 0 Å². The Hall–Kier alpha value is -1.06. The molecular formula is C16H28N2O2. The number of unbranched alkanes of at least 4 members (excludes halogenated alkanes) is 1. The molecule has 1 saturated heterocycles. The Morgan fingerprint density at radius 2 is 1.85 bits per heavy atom. The van der Waals surface area contributed by atoms with Gasteiger partial charge in [0.05, 0.1) is 11.8 Å². The van der Waals surface area contributed by atoms with Crippen LogP contribution in [0.5, 0.6) is 0 Å². The number of piperidine rings is 1. The molecule has 1 saturated carbocycles. The van der Waals surface area contributed by atoms with E-state index >= 15 is 0 Å². The highest BCUT2D eigenvalue weighted by molar-refractivity contribution is 5.92. The summed E-state index contributed by atoms with van der Waals surface area (Å²) in [6.07, 6.45) is 5.11. The number of nitrogens with zero attached hydrogens (tertiary/aromatic N) is 2. The van der Waals surface area contributed by atoms with Gasteiger partial charge in [0.2, 0.25) is 11.8 Å². The molecule has 0 bridgehead atoms. The van der Waals surface area contributed by atoms with E-state index in [2.05, 4.69) is 13.8 Å². The highest BCUT2D eigenvalue weighted by Crippen LogP contribution is 2.41. The van der Waals surface area contributed by atoms with Crippen LogP contribution in [-0.2, 0) is 9.59 Å². The Balaban J connectivity index is 1.79. The molecule has 2 fully saturated rings. The van der Waals surface area contributed by atoms with Crippen molar-refractivity contribution in [1.82, 2.24) is 9.80 Å². The lowest BCUT2D eigenvalue weighted by atomic mass is 9.99. The van der Waals surface area contributed by atoms with Crippen molar-refractivity contribution in [2.24, 2.45) is 17.8 Å². The molecule has 1 aliphatic heterocycles. The van der Waals surface area contributed by atoms with Gasteiger partial charge in [0.1, 0.15) is 0 Å². The number of hydrogen-bond donors (Lipinski definition) is 0. The van der Waals surface area contributed by atoms with Crippen LogP contribution < -0.4 is 0 Å². The fourth-order valence-corrected chi connectivity index (χ4v) is 2.99. The molecular weight excluding hydrogens is 252 g/mol. The summed E-state index contributed by atoms with van der Waals surface area (Å²) in [6.45, 7) is 6.94. The Labute approximate surface area is 122 Å². The van der Waals surface area contributed by atoms with Crippen LogP contribution in [0.3, 0.4) is 0 Å². The third-order valence-corrected chi connectivity index (χ3v) is 4.74. The molecule has 0 aromatic rings. The van der Waals surface area contributed by atoms with E-state index in [1.165, 1.54) is 0 Å². The molecule has 4 heteroatoms. The third kappa shape index (κ3) is 3.53. The monoisotopic (exact) mass is 280 g/mol. The Kier molecular flexibility index (Phi) is 5.06. The number of amides is 2. The standard InChI is InChI=1S/C16H28N2O2/c1-4-5-8-17(3)15(19)13-11-14(13)16(20)18-9-6-12(2)7-10-18/h12-14H,4-11H2,1-3H3. The smallest absolute Gasteiger partial charge is 0.226 e. The van der Waals surface area contributed by atoms with Gasteiger partial charge in [-0.2, -0.15) is 0 Å². The Morgan fingerprint density at radius 3 is 2.45 bits per heavy atom. The summed E-state index contributed by atoms with van der Waals surface area (Å²) in [7, 11) is 1.86. The SMILES string of the molecule is CCCCN(C)C(=O)C1CC1C(=O)N1CCC(C)CC1. The van der Waals surface area contributed by atoms with Gasteiger partial charge in [0, 0.05) is 26.7 Å². The van der Waals surface area contributed by atoms with Gasteiger partial charge >= 0.3 is 0 Å². The maximum Gasteiger partial charge on any atom is 0.226 e.